The van der Waals surface area contributed by atoms with E-state index in [-0.39, 0.29) is 18.7 Å². The molecule has 10 nitrogen and oxygen atoms in total. The summed E-state index contributed by atoms with van der Waals surface area (Å²) in [5, 5.41) is 2.23. The van der Waals surface area contributed by atoms with Crippen LogP contribution in [0.2, 0.25) is 0 Å². The molecule has 4 heterocycles. The zero-order valence-corrected chi connectivity index (χ0v) is 17.1. The topological polar surface area (TPSA) is 108 Å². The molecule has 3 fully saturated rings. The normalized spacial score (nSPS) is 24.5. The molecule has 1 N–H and O–H groups in total. The third-order valence-electron chi connectivity index (χ3n) is 6.24. The van der Waals surface area contributed by atoms with Gasteiger partial charge in [0.2, 0.25) is 11.8 Å². The van der Waals surface area contributed by atoms with E-state index in [1.165, 1.54) is 0 Å². The van der Waals surface area contributed by atoms with Crippen molar-refractivity contribution in [2.75, 3.05) is 62.4 Å². The summed E-state index contributed by atoms with van der Waals surface area (Å²) in [4.78, 5) is 55.6. The summed E-state index contributed by atoms with van der Waals surface area (Å²) in [5.74, 6) is -1.97. The number of carbonyl (C=O) groups excluding carboxylic acids is 4. The molecule has 0 aliphatic carbocycles. The molecule has 1 aromatic carbocycles. The first-order valence-corrected chi connectivity index (χ1v) is 10.6. The van der Waals surface area contributed by atoms with E-state index < -0.39 is 23.8 Å². The molecule has 4 aliphatic rings. The third kappa shape index (κ3) is 3.45. The minimum absolute atomic E-state index is 0.0991. The van der Waals surface area contributed by atoms with Gasteiger partial charge in [-0.05, 0) is 18.6 Å². The number of benzene rings is 1. The molecular weight excluding hydrogens is 404 g/mol. The Morgan fingerprint density at radius 2 is 1.26 bits per heavy atom. The predicted molar refractivity (Wildman–Crippen MR) is 109 cm³/mol. The Morgan fingerprint density at radius 1 is 0.774 bits per heavy atom. The molecule has 1 aromatic rings. The largest absolute Gasteiger partial charge is 0.378 e. The lowest BCUT2D eigenvalue weighted by molar-refractivity contribution is -0.136. The number of anilines is 2. The molecule has 4 aliphatic heterocycles. The minimum atomic E-state index is -0.969. The fourth-order valence-corrected chi connectivity index (χ4v) is 4.61. The third-order valence-corrected chi connectivity index (χ3v) is 6.24. The van der Waals surface area contributed by atoms with Crippen LogP contribution in [0.3, 0.4) is 0 Å². The summed E-state index contributed by atoms with van der Waals surface area (Å²) in [6.07, 6.45) is 0.241. The van der Waals surface area contributed by atoms with Crippen LogP contribution in [0.15, 0.2) is 12.1 Å². The molecule has 0 bridgehead atoms. The Bertz CT molecular complexity index is 894. The highest BCUT2D eigenvalue weighted by Gasteiger charge is 2.45. The summed E-state index contributed by atoms with van der Waals surface area (Å²) in [7, 11) is 0. The number of morpholine rings is 2. The summed E-state index contributed by atoms with van der Waals surface area (Å²) < 4.78 is 11.0. The average Bonchev–Trinajstić information content (AvgIpc) is 3.04. The van der Waals surface area contributed by atoms with Crippen LogP contribution in [-0.4, -0.2) is 87.2 Å². The molecule has 10 heteroatoms. The van der Waals surface area contributed by atoms with E-state index in [4.69, 9.17) is 9.47 Å². The van der Waals surface area contributed by atoms with Gasteiger partial charge in [-0.15, -0.1) is 0 Å². The van der Waals surface area contributed by atoms with E-state index in [9.17, 15) is 19.2 Å². The zero-order chi connectivity index (χ0) is 21.5. The summed E-state index contributed by atoms with van der Waals surface area (Å²) >= 11 is 0. The van der Waals surface area contributed by atoms with Gasteiger partial charge in [-0.1, -0.05) is 0 Å². The molecule has 3 saturated heterocycles. The van der Waals surface area contributed by atoms with Gasteiger partial charge in [-0.3, -0.25) is 29.4 Å². The molecule has 31 heavy (non-hydrogen) atoms. The van der Waals surface area contributed by atoms with Crippen LogP contribution < -0.4 is 15.1 Å². The fraction of sp³-hybridized carbons (Fsp3) is 0.524. The van der Waals surface area contributed by atoms with Crippen molar-refractivity contribution >= 4 is 35.0 Å². The van der Waals surface area contributed by atoms with Gasteiger partial charge in [-0.2, -0.15) is 0 Å². The van der Waals surface area contributed by atoms with E-state index in [0.717, 1.165) is 16.3 Å². The van der Waals surface area contributed by atoms with E-state index in [0.29, 0.717) is 63.7 Å². The summed E-state index contributed by atoms with van der Waals surface area (Å²) in [6.45, 7) is 5.13. The van der Waals surface area contributed by atoms with Crippen LogP contribution in [0.25, 0.3) is 0 Å². The van der Waals surface area contributed by atoms with Crippen molar-refractivity contribution in [3.05, 3.63) is 23.3 Å². The van der Waals surface area contributed by atoms with Gasteiger partial charge in [0.05, 0.1) is 48.9 Å². The smallest absolute Gasteiger partial charge is 0.262 e. The molecule has 0 spiro atoms. The molecule has 0 saturated carbocycles. The first-order chi connectivity index (χ1) is 15.0. The monoisotopic (exact) mass is 428 g/mol. The number of fused-ring (bicyclic) bond motifs is 1. The summed E-state index contributed by atoms with van der Waals surface area (Å²) in [5.41, 5.74) is 2.37. The second-order valence-corrected chi connectivity index (χ2v) is 8.03. The number of rotatable bonds is 3. The number of carbonyl (C=O) groups is 4. The Hall–Kier alpha value is -2.98. The van der Waals surface area contributed by atoms with Crippen molar-refractivity contribution in [3.63, 3.8) is 0 Å². The Morgan fingerprint density at radius 3 is 1.71 bits per heavy atom. The predicted octanol–water partition coefficient (Wildman–Crippen LogP) is -0.239. The second kappa shape index (κ2) is 7.93. The van der Waals surface area contributed by atoms with Crippen molar-refractivity contribution in [1.29, 1.82) is 0 Å². The number of imide groups is 2. The highest BCUT2D eigenvalue weighted by Crippen LogP contribution is 2.38. The lowest BCUT2D eigenvalue weighted by Gasteiger charge is -2.36. The van der Waals surface area contributed by atoms with Crippen molar-refractivity contribution in [2.45, 2.75) is 18.9 Å². The number of nitrogens with zero attached hydrogens (tertiary/aromatic N) is 3. The van der Waals surface area contributed by atoms with Gasteiger partial charge in [-0.25, -0.2) is 0 Å². The lowest BCUT2D eigenvalue weighted by Crippen LogP contribution is -2.54. The Labute approximate surface area is 179 Å². The first-order valence-electron chi connectivity index (χ1n) is 10.6. The highest BCUT2D eigenvalue weighted by atomic mass is 16.5. The van der Waals surface area contributed by atoms with Crippen LogP contribution in [-0.2, 0) is 19.1 Å². The van der Waals surface area contributed by atoms with Gasteiger partial charge < -0.3 is 19.3 Å². The van der Waals surface area contributed by atoms with Crippen molar-refractivity contribution < 1.29 is 28.7 Å². The molecule has 4 amide bonds. The Kier molecular flexibility index (Phi) is 5.11. The van der Waals surface area contributed by atoms with E-state index in [1.54, 1.807) is 12.1 Å². The molecule has 5 rings (SSSR count). The molecule has 0 aromatic heterocycles. The number of hydrogen-bond donors (Lipinski definition) is 1. The summed E-state index contributed by atoms with van der Waals surface area (Å²) in [6, 6.07) is 2.58. The zero-order valence-electron chi connectivity index (χ0n) is 17.1. The standard InChI is InChI=1S/C21H24N4O6/c26-18-2-1-15(19(27)22-18)25-20(28)13-11-16(23-3-7-30-8-4-23)17(12-14(13)21(25)29)24-5-9-31-10-6-24/h11-12,15H,1-10H2,(H,22,26,27). The molecule has 1 unspecified atom stereocenters. The van der Waals surface area contributed by atoms with Gasteiger partial charge in [0.1, 0.15) is 6.04 Å². The molecule has 164 valence electrons. The van der Waals surface area contributed by atoms with Gasteiger partial charge >= 0.3 is 0 Å². The van der Waals surface area contributed by atoms with Crippen LogP contribution >= 0.6 is 0 Å². The quantitative estimate of drug-likeness (QED) is 0.658. The average molecular weight is 428 g/mol. The molecule has 0 radical (unpaired) electrons. The number of amides is 4. The Balaban J connectivity index is 1.54. The van der Waals surface area contributed by atoms with Gasteiger partial charge in [0, 0.05) is 32.6 Å². The fourth-order valence-electron chi connectivity index (χ4n) is 4.61. The van der Waals surface area contributed by atoms with Crippen LogP contribution in [0.1, 0.15) is 33.6 Å². The molecule has 1 atom stereocenters. The van der Waals surface area contributed by atoms with Crippen LogP contribution in [0, 0.1) is 0 Å². The highest BCUT2D eigenvalue weighted by molar-refractivity contribution is 6.24. The van der Waals surface area contributed by atoms with E-state index >= 15 is 0 Å². The lowest BCUT2D eigenvalue weighted by atomic mass is 10.0. The maximum atomic E-state index is 13.2. The van der Waals surface area contributed by atoms with Crippen molar-refractivity contribution in [2.24, 2.45) is 0 Å². The second-order valence-electron chi connectivity index (χ2n) is 8.03. The maximum absolute atomic E-state index is 13.2. The number of nitrogens with one attached hydrogen (secondary N) is 1. The number of hydrogen-bond acceptors (Lipinski definition) is 8. The van der Waals surface area contributed by atoms with Crippen molar-refractivity contribution in [1.82, 2.24) is 10.2 Å². The molecular formula is C21H24N4O6. The van der Waals surface area contributed by atoms with Crippen molar-refractivity contribution in [3.8, 4) is 0 Å². The van der Waals surface area contributed by atoms with Crippen LogP contribution in [0.5, 0.6) is 0 Å². The van der Waals surface area contributed by atoms with Gasteiger partial charge in [0.25, 0.3) is 11.8 Å². The number of piperidine rings is 1. The maximum Gasteiger partial charge on any atom is 0.262 e. The van der Waals surface area contributed by atoms with Gasteiger partial charge in [0.15, 0.2) is 0 Å². The van der Waals surface area contributed by atoms with E-state index in [2.05, 4.69) is 15.1 Å². The SMILES string of the molecule is O=C1CCC(N2C(=O)c3cc(N4CCOCC4)c(N4CCOCC4)cc3C2=O)C(=O)N1. The minimum Gasteiger partial charge on any atom is -0.378 e. The van der Waals surface area contributed by atoms with E-state index in [1.807, 2.05) is 0 Å². The first kappa shape index (κ1) is 20.0. The number of ether oxygens (including phenoxy) is 2. The van der Waals surface area contributed by atoms with Crippen LogP contribution in [0.4, 0.5) is 11.4 Å².